The van der Waals surface area contributed by atoms with Gasteiger partial charge in [0, 0.05) is 19.6 Å². The second-order valence-corrected chi connectivity index (χ2v) is 4.43. The van der Waals surface area contributed by atoms with Crippen molar-refractivity contribution in [1.29, 1.82) is 0 Å². The Morgan fingerprint density at radius 2 is 2.33 bits per heavy atom. The normalized spacial score (nSPS) is 25.7. The monoisotopic (exact) mass is 215 g/mol. The summed E-state index contributed by atoms with van der Waals surface area (Å²) in [6.07, 6.45) is 4.21. The lowest BCUT2D eigenvalue weighted by Crippen LogP contribution is -2.37. The topological polar surface area (TPSA) is 58.6 Å². The maximum absolute atomic E-state index is 10.3. The molecule has 1 atom stereocenters. The zero-order valence-electron chi connectivity index (χ0n) is 9.42. The molecule has 2 N–H and O–H groups in total. The molecule has 0 radical (unpaired) electrons. The molecule has 88 valence electrons. The number of rotatable bonds is 7. The fraction of sp³-hybridized carbons (Fsp3) is 0.909. The smallest absolute Gasteiger partial charge is 0.303 e. The van der Waals surface area contributed by atoms with Gasteiger partial charge in [-0.3, -0.25) is 4.79 Å². The molecule has 1 saturated heterocycles. The minimum atomic E-state index is -0.707. The van der Waals surface area contributed by atoms with Crippen molar-refractivity contribution in [1.82, 2.24) is 5.32 Å². The summed E-state index contributed by atoms with van der Waals surface area (Å²) in [7, 11) is 0. The molecule has 0 spiro atoms. The highest BCUT2D eigenvalue weighted by Gasteiger charge is 2.28. The van der Waals surface area contributed by atoms with Crippen molar-refractivity contribution >= 4 is 5.97 Å². The summed E-state index contributed by atoms with van der Waals surface area (Å²) in [4.78, 5) is 10.3. The van der Waals surface area contributed by atoms with Gasteiger partial charge in [0.15, 0.2) is 0 Å². The predicted octanol–water partition coefficient (Wildman–Crippen LogP) is 1.40. The second kappa shape index (κ2) is 6.08. The number of nitrogens with one attached hydrogen (secondary N) is 1. The SMILES string of the molecule is CC1(CNCCCCC(=O)O)CCCO1. The lowest BCUT2D eigenvalue weighted by atomic mass is 10.0. The van der Waals surface area contributed by atoms with Gasteiger partial charge in [-0.25, -0.2) is 0 Å². The van der Waals surface area contributed by atoms with Crippen LogP contribution in [-0.4, -0.2) is 36.4 Å². The van der Waals surface area contributed by atoms with Crippen molar-refractivity contribution in [2.24, 2.45) is 0 Å². The Kier molecular flexibility index (Phi) is 5.05. The number of carboxylic acid groups (broad SMARTS) is 1. The van der Waals surface area contributed by atoms with Crippen LogP contribution in [0.5, 0.6) is 0 Å². The maximum atomic E-state index is 10.3. The summed E-state index contributed by atoms with van der Waals surface area (Å²) in [6.45, 7) is 4.76. The van der Waals surface area contributed by atoms with Crippen LogP contribution in [0.25, 0.3) is 0 Å². The molecule has 0 saturated carbocycles. The van der Waals surface area contributed by atoms with E-state index >= 15 is 0 Å². The van der Waals surface area contributed by atoms with E-state index in [4.69, 9.17) is 9.84 Å². The highest BCUT2D eigenvalue weighted by Crippen LogP contribution is 2.23. The Morgan fingerprint density at radius 3 is 2.93 bits per heavy atom. The van der Waals surface area contributed by atoms with Crippen LogP contribution in [0.4, 0.5) is 0 Å². The molecule has 0 aliphatic carbocycles. The van der Waals surface area contributed by atoms with Gasteiger partial charge in [-0.15, -0.1) is 0 Å². The van der Waals surface area contributed by atoms with Crippen LogP contribution < -0.4 is 5.32 Å². The van der Waals surface area contributed by atoms with E-state index in [9.17, 15) is 4.79 Å². The molecule has 0 aromatic heterocycles. The summed E-state index contributed by atoms with van der Waals surface area (Å²) < 4.78 is 5.63. The van der Waals surface area contributed by atoms with Gasteiger partial charge >= 0.3 is 5.97 Å². The third-order valence-electron chi connectivity index (χ3n) is 2.79. The van der Waals surface area contributed by atoms with E-state index in [1.807, 2.05) is 0 Å². The van der Waals surface area contributed by atoms with Crippen molar-refractivity contribution in [3.63, 3.8) is 0 Å². The largest absolute Gasteiger partial charge is 0.481 e. The van der Waals surface area contributed by atoms with Gasteiger partial charge in [0.2, 0.25) is 0 Å². The van der Waals surface area contributed by atoms with Crippen LogP contribution in [0, 0.1) is 0 Å². The minimum Gasteiger partial charge on any atom is -0.481 e. The molecule has 1 rings (SSSR count). The molecule has 15 heavy (non-hydrogen) atoms. The molecular formula is C11H21NO3. The van der Waals surface area contributed by atoms with Crippen molar-refractivity contribution < 1.29 is 14.6 Å². The summed E-state index contributed by atoms with van der Waals surface area (Å²) in [5, 5.41) is 11.8. The second-order valence-electron chi connectivity index (χ2n) is 4.43. The molecule has 1 unspecified atom stereocenters. The van der Waals surface area contributed by atoms with Crippen LogP contribution in [0.2, 0.25) is 0 Å². The lowest BCUT2D eigenvalue weighted by molar-refractivity contribution is -0.137. The number of carbonyl (C=O) groups is 1. The van der Waals surface area contributed by atoms with Crippen molar-refractivity contribution in [3.05, 3.63) is 0 Å². The summed E-state index contributed by atoms with van der Waals surface area (Å²) >= 11 is 0. The molecule has 4 heteroatoms. The number of hydrogen-bond donors (Lipinski definition) is 2. The Balaban J connectivity index is 1.94. The molecule has 0 aromatic rings. The third-order valence-corrected chi connectivity index (χ3v) is 2.79. The number of ether oxygens (including phenoxy) is 1. The molecule has 4 nitrogen and oxygen atoms in total. The van der Waals surface area contributed by atoms with Crippen LogP contribution in [-0.2, 0) is 9.53 Å². The van der Waals surface area contributed by atoms with E-state index in [-0.39, 0.29) is 12.0 Å². The van der Waals surface area contributed by atoms with E-state index in [2.05, 4.69) is 12.2 Å². The molecule has 0 bridgehead atoms. The zero-order valence-corrected chi connectivity index (χ0v) is 9.42. The van der Waals surface area contributed by atoms with Gasteiger partial charge in [-0.05, 0) is 39.2 Å². The van der Waals surface area contributed by atoms with Crippen molar-refractivity contribution in [2.45, 2.75) is 44.6 Å². The Hall–Kier alpha value is -0.610. The quantitative estimate of drug-likeness (QED) is 0.630. The number of carboxylic acids is 1. The van der Waals surface area contributed by atoms with Gasteiger partial charge in [0.25, 0.3) is 0 Å². The van der Waals surface area contributed by atoms with Gasteiger partial charge in [0.05, 0.1) is 5.60 Å². The Labute approximate surface area is 91.0 Å². The van der Waals surface area contributed by atoms with Gasteiger partial charge in [-0.2, -0.15) is 0 Å². The molecule has 1 aliphatic rings. The molecule has 0 amide bonds. The van der Waals surface area contributed by atoms with E-state index in [1.165, 1.54) is 0 Å². The highest BCUT2D eigenvalue weighted by atomic mass is 16.5. The van der Waals surface area contributed by atoms with E-state index in [1.54, 1.807) is 0 Å². The summed E-state index contributed by atoms with van der Waals surface area (Å²) in [6, 6.07) is 0. The standard InChI is InChI=1S/C11H21NO3/c1-11(6-4-8-15-11)9-12-7-3-2-5-10(13)14/h12H,2-9H2,1H3,(H,13,14). The van der Waals surface area contributed by atoms with E-state index < -0.39 is 5.97 Å². The van der Waals surface area contributed by atoms with Gasteiger partial charge in [-0.1, -0.05) is 0 Å². The average molecular weight is 215 g/mol. The molecule has 1 heterocycles. The first kappa shape index (κ1) is 12.5. The first-order valence-electron chi connectivity index (χ1n) is 5.69. The first-order valence-corrected chi connectivity index (χ1v) is 5.69. The highest BCUT2D eigenvalue weighted by molar-refractivity contribution is 5.66. The van der Waals surface area contributed by atoms with Crippen LogP contribution >= 0.6 is 0 Å². The van der Waals surface area contributed by atoms with Crippen LogP contribution in [0.15, 0.2) is 0 Å². The zero-order chi connectivity index (χ0) is 11.1. The van der Waals surface area contributed by atoms with E-state index in [0.29, 0.717) is 0 Å². The Bertz CT molecular complexity index is 200. The third kappa shape index (κ3) is 5.14. The fourth-order valence-corrected chi connectivity index (χ4v) is 1.86. The Morgan fingerprint density at radius 1 is 1.53 bits per heavy atom. The fourth-order valence-electron chi connectivity index (χ4n) is 1.86. The number of aliphatic carboxylic acids is 1. The van der Waals surface area contributed by atoms with Crippen molar-refractivity contribution in [3.8, 4) is 0 Å². The van der Waals surface area contributed by atoms with Crippen molar-refractivity contribution in [2.75, 3.05) is 19.7 Å². The minimum absolute atomic E-state index is 0.00674. The molecule has 1 aliphatic heterocycles. The van der Waals surface area contributed by atoms with Crippen LogP contribution in [0.3, 0.4) is 0 Å². The number of hydrogen-bond acceptors (Lipinski definition) is 3. The van der Waals surface area contributed by atoms with Gasteiger partial charge < -0.3 is 15.2 Å². The summed E-state index contributed by atoms with van der Waals surface area (Å²) in [5.41, 5.74) is 0.00674. The summed E-state index contributed by atoms with van der Waals surface area (Å²) in [5.74, 6) is -0.707. The number of unbranched alkanes of at least 4 members (excludes halogenated alkanes) is 1. The van der Waals surface area contributed by atoms with Gasteiger partial charge in [0.1, 0.15) is 0 Å². The van der Waals surface area contributed by atoms with E-state index in [0.717, 1.165) is 45.4 Å². The van der Waals surface area contributed by atoms with Crippen LogP contribution in [0.1, 0.15) is 39.0 Å². The molecule has 1 fully saturated rings. The average Bonchev–Trinajstić information content (AvgIpc) is 2.58. The lowest BCUT2D eigenvalue weighted by Gasteiger charge is -2.23. The first-order chi connectivity index (χ1) is 7.12. The molecular weight excluding hydrogens is 194 g/mol. The maximum Gasteiger partial charge on any atom is 0.303 e. The molecule has 0 aromatic carbocycles. The predicted molar refractivity (Wildman–Crippen MR) is 57.9 cm³/mol.